The maximum Gasteiger partial charge on any atom is 0.261 e. The molecule has 0 bridgehead atoms. The average Bonchev–Trinajstić information content (AvgIpc) is 3.53. The van der Waals surface area contributed by atoms with Crippen molar-refractivity contribution in [2.24, 2.45) is 0 Å². The molecule has 2 unspecified atom stereocenters. The molecule has 1 amide bonds. The Kier molecular flexibility index (Phi) is 7.25. The lowest BCUT2D eigenvalue weighted by atomic mass is 9.86. The van der Waals surface area contributed by atoms with E-state index in [0.29, 0.717) is 41.2 Å². The lowest BCUT2D eigenvalue weighted by Gasteiger charge is -2.20. The number of hydrogen-bond donors (Lipinski definition) is 1. The predicted octanol–water partition coefficient (Wildman–Crippen LogP) is 5.19. The van der Waals surface area contributed by atoms with Crippen LogP contribution in [-0.4, -0.2) is 32.2 Å². The fourth-order valence-electron chi connectivity index (χ4n) is 4.80. The number of hydrogen-bond acceptors (Lipinski definition) is 4. The third kappa shape index (κ3) is 4.68. The number of aromatic nitrogens is 4. The van der Waals surface area contributed by atoms with E-state index in [1.165, 1.54) is 13.2 Å². The number of amides is 1. The fourth-order valence-corrected chi connectivity index (χ4v) is 5.18. The van der Waals surface area contributed by atoms with E-state index in [-0.39, 0.29) is 11.7 Å². The second-order valence-corrected chi connectivity index (χ2v) is 9.53. The Hall–Kier alpha value is -4.03. The van der Waals surface area contributed by atoms with Crippen molar-refractivity contribution in [1.82, 2.24) is 19.2 Å². The Labute approximate surface area is 222 Å². The molecule has 0 spiro atoms. The highest BCUT2D eigenvalue weighted by atomic mass is 31.0. The number of carbonyl (C=O) groups excluding carboxylic acids is 1. The molecule has 0 fully saturated rings. The maximum absolute atomic E-state index is 15.2. The first-order valence-electron chi connectivity index (χ1n) is 12.5. The second-order valence-electron chi connectivity index (χ2n) is 8.90. The number of benzene rings is 2. The lowest BCUT2D eigenvalue weighted by Crippen LogP contribution is -2.15. The Morgan fingerprint density at radius 3 is 2.50 bits per heavy atom. The van der Waals surface area contributed by atoms with Crippen LogP contribution in [0, 0.1) is 5.82 Å². The van der Waals surface area contributed by atoms with Crippen molar-refractivity contribution in [2.75, 3.05) is 12.4 Å². The molecular formula is C29H29FN5O2P. The number of pyridine rings is 1. The van der Waals surface area contributed by atoms with Crippen LogP contribution in [0.2, 0.25) is 0 Å². The SMILES string of the molecule is CCc1c(C(c2ccccc2F)c2ccccc2P)nc2cc(OC)c(C(=O)Nc3cnn(CC)c3)cn12. The average molecular weight is 530 g/mol. The molecule has 3 heterocycles. The zero-order chi connectivity index (χ0) is 26.8. The van der Waals surface area contributed by atoms with Crippen molar-refractivity contribution in [3.05, 3.63) is 107 Å². The topological polar surface area (TPSA) is 73.4 Å². The summed E-state index contributed by atoms with van der Waals surface area (Å²) < 4.78 is 24.5. The quantitative estimate of drug-likeness (QED) is 0.281. The van der Waals surface area contributed by atoms with E-state index in [0.717, 1.165) is 22.3 Å². The predicted molar refractivity (Wildman–Crippen MR) is 150 cm³/mol. The van der Waals surface area contributed by atoms with Crippen molar-refractivity contribution in [1.29, 1.82) is 0 Å². The van der Waals surface area contributed by atoms with Crippen LogP contribution in [0.25, 0.3) is 5.65 Å². The largest absolute Gasteiger partial charge is 0.496 e. The van der Waals surface area contributed by atoms with Gasteiger partial charge < -0.3 is 14.5 Å². The van der Waals surface area contributed by atoms with Crippen LogP contribution in [-0.2, 0) is 13.0 Å². The van der Waals surface area contributed by atoms with Crippen molar-refractivity contribution in [2.45, 2.75) is 32.7 Å². The Morgan fingerprint density at radius 2 is 1.84 bits per heavy atom. The zero-order valence-electron chi connectivity index (χ0n) is 21.5. The van der Waals surface area contributed by atoms with E-state index in [2.05, 4.69) is 19.7 Å². The van der Waals surface area contributed by atoms with Crippen molar-refractivity contribution in [3.8, 4) is 5.75 Å². The van der Waals surface area contributed by atoms with Crippen molar-refractivity contribution < 1.29 is 13.9 Å². The molecule has 0 saturated heterocycles. The van der Waals surface area contributed by atoms with Gasteiger partial charge in [-0.15, -0.1) is 9.24 Å². The summed E-state index contributed by atoms with van der Waals surface area (Å²) in [5, 5.41) is 8.08. The summed E-state index contributed by atoms with van der Waals surface area (Å²) in [5.74, 6) is -0.665. The van der Waals surface area contributed by atoms with Gasteiger partial charge in [-0.3, -0.25) is 9.48 Å². The van der Waals surface area contributed by atoms with Gasteiger partial charge in [0.05, 0.1) is 36.2 Å². The van der Waals surface area contributed by atoms with E-state index in [9.17, 15) is 4.79 Å². The molecule has 2 aromatic carbocycles. The van der Waals surface area contributed by atoms with Crippen LogP contribution in [0.1, 0.15) is 52.6 Å². The number of nitrogens with one attached hydrogen (secondary N) is 1. The van der Waals surface area contributed by atoms with Gasteiger partial charge in [-0.2, -0.15) is 5.10 Å². The normalized spacial score (nSPS) is 12.0. The molecule has 5 rings (SSSR count). The van der Waals surface area contributed by atoms with Crippen LogP contribution in [0.15, 0.2) is 73.2 Å². The van der Waals surface area contributed by atoms with Gasteiger partial charge in [-0.1, -0.05) is 49.4 Å². The Bertz CT molecular complexity index is 1580. The minimum atomic E-state index is -0.442. The number of rotatable bonds is 8. The number of nitrogens with zero attached hydrogens (tertiary/aromatic N) is 4. The van der Waals surface area contributed by atoms with Gasteiger partial charge in [0.1, 0.15) is 17.2 Å². The van der Waals surface area contributed by atoms with Crippen LogP contribution in [0.5, 0.6) is 5.75 Å². The third-order valence-corrected chi connectivity index (χ3v) is 7.19. The number of ether oxygens (including phenoxy) is 1. The molecular weight excluding hydrogens is 500 g/mol. The van der Waals surface area contributed by atoms with E-state index < -0.39 is 5.92 Å². The summed E-state index contributed by atoms with van der Waals surface area (Å²) >= 11 is 0. The van der Waals surface area contributed by atoms with Gasteiger partial charge in [0.25, 0.3) is 5.91 Å². The molecule has 5 aromatic rings. The number of imidazole rings is 1. The monoisotopic (exact) mass is 529 g/mol. The summed E-state index contributed by atoms with van der Waals surface area (Å²) in [5.41, 5.74) is 4.67. The highest BCUT2D eigenvalue weighted by molar-refractivity contribution is 7.27. The van der Waals surface area contributed by atoms with Crippen LogP contribution >= 0.6 is 9.24 Å². The summed E-state index contributed by atoms with van der Waals surface area (Å²) in [7, 11) is 4.27. The molecule has 0 saturated carbocycles. The first-order chi connectivity index (χ1) is 18.4. The molecule has 2 atom stereocenters. The summed E-state index contributed by atoms with van der Waals surface area (Å²) in [6.07, 6.45) is 5.75. The van der Waals surface area contributed by atoms with Gasteiger partial charge in [-0.25, -0.2) is 9.37 Å². The number of carbonyl (C=O) groups is 1. The van der Waals surface area contributed by atoms with Gasteiger partial charge in [-0.05, 0) is 30.3 Å². The van der Waals surface area contributed by atoms with E-state index in [4.69, 9.17) is 9.72 Å². The second kappa shape index (κ2) is 10.8. The van der Waals surface area contributed by atoms with Crippen LogP contribution in [0.4, 0.5) is 10.1 Å². The highest BCUT2D eigenvalue weighted by Crippen LogP contribution is 2.36. The Morgan fingerprint density at radius 1 is 1.11 bits per heavy atom. The van der Waals surface area contributed by atoms with Crippen LogP contribution in [0.3, 0.4) is 0 Å². The number of halogens is 1. The molecule has 0 aliphatic heterocycles. The van der Waals surface area contributed by atoms with Gasteiger partial charge in [0.15, 0.2) is 0 Å². The standard InChI is InChI=1S/C29H29FN5O2P/c1-4-23-28(27(19-10-6-8-12-22(19)30)20-11-7-9-13-25(20)38)33-26-14-24(37-3)21(17-35(23)26)29(36)32-18-15-31-34(5-2)16-18/h6-17,27H,4-5,38H2,1-3H3,(H,32,36). The number of aryl methyl sites for hydroxylation is 2. The number of anilines is 1. The molecule has 0 aliphatic carbocycles. The molecule has 1 N–H and O–H groups in total. The molecule has 0 aliphatic rings. The summed E-state index contributed by atoms with van der Waals surface area (Å²) in [6.45, 7) is 4.70. The van der Waals surface area contributed by atoms with E-state index >= 15 is 4.39 Å². The first kappa shape index (κ1) is 25.6. The number of methoxy groups -OCH3 is 1. The molecule has 194 valence electrons. The zero-order valence-corrected chi connectivity index (χ0v) is 22.6. The van der Waals surface area contributed by atoms with Gasteiger partial charge >= 0.3 is 0 Å². The van der Waals surface area contributed by atoms with Gasteiger partial charge in [0.2, 0.25) is 0 Å². The maximum atomic E-state index is 15.2. The minimum absolute atomic E-state index is 0.296. The van der Waals surface area contributed by atoms with Gasteiger partial charge in [0, 0.05) is 36.3 Å². The van der Waals surface area contributed by atoms with E-state index in [1.54, 1.807) is 41.5 Å². The number of fused-ring (bicyclic) bond motifs is 1. The molecule has 38 heavy (non-hydrogen) atoms. The molecule has 3 aromatic heterocycles. The molecule has 9 heteroatoms. The van der Waals surface area contributed by atoms with E-state index in [1.807, 2.05) is 48.6 Å². The summed E-state index contributed by atoms with van der Waals surface area (Å²) in [6, 6.07) is 16.4. The lowest BCUT2D eigenvalue weighted by molar-refractivity contribution is 0.102. The van der Waals surface area contributed by atoms with Crippen molar-refractivity contribution >= 4 is 31.8 Å². The fraction of sp³-hybridized carbons (Fsp3) is 0.207. The molecule has 7 nitrogen and oxygen atoms in total. The smallest absolute Gasteiger partial charge is 0.261 e. The van der Waals surface area contributed by atoms with Crippen molar-refractivity contribution in [3.63, 3.8) is 0 Å². The van der Waals surface area contributed by atoms with Crippen LogP contribution < -0.4 is 15.4 Å². The third-order valence-electron chi connectivity index (χ3n) is 6.66. The summed E-state index contributed by atoms with van der Waals surface area (Å²) in [4.78, 5) is 18.3. The molecule has 0 radical (unpaired) electrons. The first-order valence-corrected chi connectivity index (χ1v) is 13.0. The minimum Gasteiger partial charge on any atom is -0.496 e. The highest BCUT2D eigenvalue weighted by Gasteiger charge is 2.28. The Balaban J connectivity index is 1.68.